The number of hydrogen-bond donors (Lipinski definition) is 1. The van der Waals surface area contributed by atoms with E-state index >= 15 is 0 Å². The number of likely N-dealkylation sites (tertiary alicyclic amines) is 1. The van der Waals surface area contributed by atoms with Gasteiger partial charge in [0.1, 0.15) is 6.61 Å². The highest BCUT2D eigenvalue weighted by Crippen LogP contribution is 2.41. The summed E-state index contributed by atoms with van der Waals surface area (Å²) in [7, 11) is 0. The number of carbonyl (C=O) groups is 1. The van der Waals surface area contributed by atoms with Crippen molar-refractivity contribution in [3.8, 4) is 0 Å². The number of nitrogens with zero attached hydrogens (tertiary/aromatic N) is 1. The molecule has 0 spiro atoms. The van der Waals surface area contributed by atoms with Crippen molar-refractivity contribution in [2.24, 2.45) is 0 Å². The van der Waals surface area contributed by atoms with E-state index in [1.807, 2.05) is 0 Å². The third-order valence-corrected chi connectivity index (χ3v) is 4.44. The van der Waals surface area contributed by atoms with Crippen LogP contribution in [0.25, 0.3) is 0 Å². The number of carboxylic acids is 1. The lowest BCUT2D eigenvalue weighted by molar-refractivity contribution is -0.145. The second-order valence-corrected chi connectivity index (χ2v) is 6.15. The molecule has 4 nitrogen and oxygen atoms in total. The van der Waals surface area contributed by atoms with E-state index in [1.54, 1.807) is 0 Å². The van der Waals surface area contributed by atoms with E-state index in [-0.39, 0.29) is 12.7 Å². The molecule has 0 aromatic heterocycles. The summed E-state index contributed by atoms with van der Waals surface area (Å²) in [6, 6.07) is 8.80. The summed E-state index contributed by atoms with van der Waals surface area (Å²) in [4.78, 5) is 13.0. The summed E-state index contributed by atoms with van der Waals surface area (Å²) < 4.78 is 5.39. The monoisotopic (exact) mass is 289 g/mol. The lowest BCUT2D eigenvalue weighted by atomic mass is 10.0. The number of rotatable bonds is 6. The summed E-state index contributed by atoms with van der Waals surface area (Å²) in [5.74, 6) is -0.0894. The lowest BCUT2D eigenvalue weighted by Gasteiger charge is -2.32. The zero-order valence-corrected chi connectivity index (χ0v) is 12.3. The highest BCUT2D eigenvalue weighted by Gasteiger charge is 2.27. The smallest absolute Gasteiger partial charge is 0.329 e. The van der Waals surface area contributed by atoms with Crippen molar-refractivity contribution in [2.45, 2.75) is 44.2 Å². The van der Waals surface area contributed by atoms with Crippen molar-refractivity contribution in [2.75, 3.05) is 19.7 Å². The van der Waals surface area contributed by atoms with Gasteiger partial charge in [-0.3, -0.25) is 4.90 Å². The molecule has 1 aliphatic carbocycles. The first-order valence-corrected chi connectivity index (χ1v) is 7.86. The number of piperidine rings is 1. The summed E-state index contributed by atoms with van der Waals surface area (Å²) >= 11 is 0. The van der Waals surface area contributed by atoms with Gasteiger partial charge in [0.2, 0.25) is 0 Å². The highest BCUT2D eigenvalue weighted by atomic mass is 16.5. The fourth-order valence-electron chi connectivity index (χ4n) is 3.13. The molecule has 2 fully saturated rings. The molecule has 0 unspecified atom stereocenters. The molecule has 0 radical (unpaired) electrons. The normalized spacial score (nSPS) is 20.6. The zero-order valence-electron chi connectivity index (χ0n) is 12.3. The van der Waals surface area contributed by atoms with E-state index in [4.69, 9.17) is 9.84 Å². The van der Waals surface area contributed by atoms with E-state index in [1.165, 1.54) is 24.0 Å². The van der Waals surface area contributed by atoms with E-state index in [2.05, 4.69) is 29.2 Å². The minimum atomic E-state index is -0.879. The molecule has 1 aromatic carbocycles. The second-order valence-electron chi connectivity index (χ2n) is 6.15. The molecule has 3 rings (SSSR count). The maximum atomic E-state index is 10.5. The molecule has 0 atom stereocenters. The Morgan fingerprint density at radius 2 is 1.90 bits per heavy atom. The number of aliphatic carboxylic acids is 1. The van der Waals surface area contributed by atoms with Crippen molar-refractivity contribution in [1.29, 1.82) is 0 Å². The SMILES string of the molecule is O=C(O)COC1CCN(Cc2ccccc2C2CC2)CC1. The van der Waals surface area contributed by atoms with Crippen LogP contribution in [0.2, 0.25) is 0 Å². The Morgan fingerprint density at radius 1 is 1.19 bits per heavy atom. The molecule has 1 heterocycles. The predicted octanol–water partition coefficient (Wildman–Crippen LogP) is 2.63. The van der Waals surface area contributed by atoms with Crippen LogP contribution in [0.5, 0.6) is 0 Å². The van der Waals surface area contributed by atoms with Crippen LogP contribution in [0.4, 0.5) is 0 Å². The van der Waals surface area contributed by atoms with Crippen LogP contribution in [0.15, 0.2) is 24.3 Å². The Bertz CT molecular complexity index is 491. The van der Waals surface area contributed by atoms with Gasteiger partial charge in [-0.2, -0.15) is 0 Å². The molecule has 1 saturated heterocycles. The van der Waals surface area contributed by atoms with E-state index in [0.717, 1.165) is 38.4 Å². The first-order chi connectivity index (χ1) is 10.2. The molecule has 0 bridgehead atoms. The van der Waals surface area contributed by atoms with Gasteiger partial charge >= 0.3 is 5.97 Å². The van der Waals surface area contributed by atoms with Gasteiger partial charge in [-0.25, -0.2) is 4.79 Å². The number of hydrogen-bond acceptors (Lipinski definition) is 3. The van der Waals surface area contributed by atoms with Crippen molar-refractivity contribution in [3.63, 3.8) is 0 Å². The molecule has 114 valence electrons. The van der Waals surface area contributed by atoms with Crippen LogP contribution in [-0.4, -0.2) is 41.8 Å². The predicted molar refractivity (Wildman–Crippen MR) is 80.3 cm³/mol. The summed E-state index contributed by atoms with van der Waals surface area (Å²) in [6.07, 6.45) is 4.64. The Kier molecular flexibility index (Phi) is 4.56. The molecule has 21 heavy (non-hydrogen) atoms. The first kappa shape index (κ1) is 14.5. The lowest BCUT2D eigenvalue weighted by Crippen LogP contribution is -2.37. The van der Waals surface area contributed by atoms with Gasteiger partial charge in [0.25, 0.3) is 0 Å². The summed E-state index contributed by atoms with van der Waals surface area (Å²) in [5, 5.41) is 8.64. The summed E-state index contributed by atoms with van der Waals surface area (Å²) in [6.45, 7) is 2.82. The van der Waals surface area contributed by atoms with E-state index in [0.29, 0.717) is 0 Å². The van der Waals surface area contributed by atoms with Crippen molar-refractivity contribution >= 4 is 5.97 Å². The average molecular weight is 289 g/mol. The topological polar surface area (TPSA) is 49.8 Å². The molecule has 1 aliphatic heterocycles. The van der Waals surface area contributed by atoms with Crippen LogP contribution in [0.1, 0.15) is 42.7 Å². The van der Waals surface area contributed by atoms with Gasteiger partial charge < -0.3 is 9.84 Å². The second kappa shape index (κ2) is 6.58. The highest BCUT2D eigenvalue weighted by molar-refractivity contribution is 5.68. The quantitative estimate of drug-likeness (QED) is 0.874. The van der Waals surface area contributed by atoms with Crippen molar-refractivity contribution in [3.05, 3.63) is 35.4 Å². The Morgan fingerprint density at radius 3 is 2.57 bits per heavy atom. The van der Waals surface area contributed by atoms with Crippen LogP contribution in [0.3, 0.4) is 0 Å². The van der Waals surface area contributed by atoms with Crippen LogP contribution >= 0.6 is 0 Å². The van der Waals surface area contributed by atoms with Gasteiger partial charge in [-0.05, 0) is 42.7 Å². The molecule has 0 amide bonds. The van der Waals surface area contributed by atoms with E-state index in [9.17, 15) is 4.79 Å². The van der Waals surface area contributed by atoms with Crippen LogP contribution in [-0.2, 0) is 16.1 Å². The molecular formula is C17H23NO3. The maximum Gasteiger partial charge on any atom is 0.329 e. The number of ether oxygens (including phenoxy) is 1. The molecule has 1 N–H and O–H groups in total. The van der Waals surface area contributed by atoms with E-state index < -0.39 is 5.97 Å². The molecule has 1 saturated carbocycles. The van der Waals surface area contributed by atoms with Gasteiger partial charge in [-0.15, -0.1) is 0 Å². The van der Waals surface area contributed by atoms with Crippen LogP contribution in [0, 0.1) is 0 Å². The minimum absolute atomic E-state index is 0.107. The van der Waals surface area contributed by atoms with Crippen molar-refractivity contribution < 1.29 is 14.6 Å². The third-order valence-electron chi connectivity index (χ3n) is 4.44. The first-order valence-electron chi connectivity index (χ1n) is 7.86. The Balaban J connectivity index is 1.50. The molecule has 2 aliphatic rings. The zero-order chi connectivity index (χ0) is 14.7. The van der Waals surface area contributed by atoms with Gasteiger partial charge in [0, 0.05) is 19.6 Å². The fraction of sp³-hybridized carbons (Fsp3) is 0.588. The standard InChI is InChI=1S/C17H23NO3/c19-17(20)12-21-15-7-9-18(10-8-15)11-14-3-1-2-4-16(14)13-5-6-13/h1-4,13,15H,5-12H2,(H,19,20). The number of benzene rings is 1. The maximum absolute atomic E-state index is 10.5. The molecular weight excluding hydrogens is 266 g/mol. The fourth-order valence-corrected chi connectivity index (χ4v) is 3.13. The summed E-state index contributed by atoms with van der Waals surface area (Å²) in [5.41, 5.74) is 2.99. The van der Waals surface area contributed by atoms with Crippen LogP contribution < -0.4 is 0 Å². The minimum Gasteiger partial charge on any atom is -0.480 e. The van der Waals surface area contributed by atoms with Crippen molar-refractivity contribution in [1.82, 2.24) is 4.90 Å². The Hall–Kier alpha value is -1.39. The molecule has 1 aromatic rings. The average Bonchev–Trinajstić information content (AvgIpc) is 3.32. The third kappa shape index (κ3) is 4.05. The van der Waals surface area contributed by atoms with Gasteiger partial charge in [0.15, 0.2) is 0 Å². The molecule has 4 heteroatoms. The van der Waals surface area contributed by atoms with Gasteiger partial charge in [-0.1, -0.05) is 24.3 Å². The van der Waals surface area contributed by atoms with Gasteiger partial charge in [0.05, 0.1) is 6.10 Å². The Labute approximate surface area is 125 Å². The number of carboxylic acid groups (broad SMARTS) is 1. The largest absolute Gasteiger partial charge is 0.480 e.